The normalized spacial score (nSPS) is 13.9. The van der Waals surface area contributed by atoms with Gasteiger partial charge in [0.25, 0.3) is 0 Å². The van der Waals surface area contributed by atoms with Crippen molar-refractivity contribution in [3.8, 4) is 28.2 Å². The summed E-state index contributed by atoms with van der Waals surface area (Å²) in [6.45, 7) is 20.2. The number of rotatable bonds is 5. The van der Waals surface area contributed by atoms with Gasteiger partial charge < -0.3 is 8.83 Å². The van der Waals surface area contributed by atoms with Crippen LogP contribution in [0.2, 0.25) is 0 Å². The molecule has 0 fully saturated rings. The third kappa shape index (κ3) is 5.67. The van der Waals surface area contributed by atoms with Gasteiger partial charge in [-0.25, -0.2) is 4.98 Å². The summed E-state index contributed by atoms with van der Waals surface area (Å²) in [4.78, 5) is 5.34. The van der Waals surface area contributed by atoms with Crippen molar-refractivity contribution in [1.82, 2.24) is 9.55 Å². The van der Waals surface area contributed by atoms with Crippen LogP contribution in [0.5, 0.6) is 0 Å². The Morgan fingerprint density at radius 1 is 0.589 bits per heavy atom. The Morgan fingerprint density at radius 3 is 1.80 bits per heavy atom. The molecule has 0 amide bonds. The molecule has 0 saturated carbocycles. The molecule has 0 radical (unpaired) electrons. The zero-order valence-corrected chi connectivity index (χ0v) is 34.2. The van der Waals surface area contributed by atoms with Crippen LogP contribution in [0.3, 0.4) is 0 Å². The summed E-state index contributed by atoms with van der Waals surface area (Å²) in [5, 5.41) is 3.91. The van der Waals surface area contributed by atoms with Crippen molar-refractivity contribution in [2.75, 3.05) is 0 Å². The molecule has 9 aromatic rings. The first-order chi connectivity index (χ1) is 27.8. The molecule has 0 unspecified atom stereocenters. The lowest BCUT2D eigenvalue weighted by Gasteiger charge is -2.28. The van der Waals surface area contributed by atoms with E-state index in [1.54, 1.807) is 12.1 Å². The molecule has 56 heavy (non-hydrogen) atoms. The zero-order chi connectivity index (χ0) is 41.9. The van der Waals surface area contributed by atoms with Crippen LogP contribution in [0.25, 0.3) is 83.1 Å². The maximum Gasteiger partial charge on any atom is 0.178 e. The second-order valence-corrected chi connectivity index (χ2v) is 18.3. The number of benzene rings is 6. The number of hydrogen-bond acceptors (Lipinski definition) is 3. The summed E-state index contributed by atoms with van der Waals surface area (Å²) in [6, 6.07) is 35.6. The third-order valence-corrected chi connectivity index (χ3v) is 11.6. The number of imidazole rings is 1. The maximum absolute atomic E-state index is 8.78. The Kier molecular flexibility index (Phi) is 7.40. The van der Waals surface area contributed by atoms with Crippen molar-refractivity contribution < 1.29 is 12.9 Å². The fourth-order valence-corrected chi connectivity index (χ4v) is 8.39. The molecule has 0 aliphatic rings. The standard InChI is InChI=1S/C52H52N2O2/c1-29(2)41-26-33(32-24-34(51(6,7)8)28-35(25-32)52(9,10)11)27-42(30(3)4)46(41)54-45-31(5)16-14-20-43(45)53-50(54)40-19-15-18-37-39-23-22-38-36-17-12-13-21-44(36)55-48(38)49(39)56-47(37)40/h12-30H,1-11H3/i5D3. The molecule has 282 valence electrons. The van der Waals surface area contributed by atoms with Crippen LogP contribution < -0.4 is 0 Å². The van der Waals surface area contributed by atoms with E-state index in [9.17, 15) is 0 Å². The van der Waals surface area contributed by atoms with Gasteiger partial charge in [-0.05, 0) is 111 Å². The number of para-hydroxylation sites is 3. The van der Waals surface area contributed by atoms with Gasteiger partial charge in [0.2, 0.25) is 0 Å². The van der Waals surface area contributed by atoms with E-state index >= 15 is 0 Å². The monoisotopic (exact) mass is 739 g/mol. The van der Waals surface area contributed by atoms with Crippen LogP contribution in [0.1, 0.15) is 113 Å². The summed E-state index contributed by atoms with van der Waals surface area (Å²) >= 11 is 0. The van der Waals surface area contributed by atoms with Crippen LogP contribution in [-0.2, 0) is 10.8 Å². The summed E-state index contributed by atoms with van der Waals surface area (Å²) < 4.78 is 41.8. The minimum atomic E-state index is -2.39. The van der Waals surface area contributed by atoms with E-state index in [1.165, 1.54) is 16.7 Å². The molecule has 9 rings (SSSR count). The van der Waals surface area contributed by atoms with Gasteiger partial charge in [-0.3, -0.25) is 4.57 Å². The molecule has 0 aliphatic carbocycles. The highest BCUT2D eigenvalue weighted by Crippen LogP contribution is 2.45. The van der Waals surface area contributed by atoms with Crippen LogP contribution in [-0.4, -0.2) is 9.55 Å². The van der Waals surface area contributed by atoms with Gasteiger partial charge in [-0.15, -0.1) is 0 Å². The quantitative estimate of drug-likeness (QED) is 0.177. The van der Waals surface area contributed by atoms with Crippen molar-refractivity contribution in [3.63, 3.8) is 0 Å². The van der Waals surface area contributed by atoms with Crippen molar-refractivity contribution >= 4 is 54.9 Å². The molecule has 0 bridgehead atoms. The second-order valence-electron chi connectivity index (χ2n) is 18.3. The van der Waals surface area contributed by atoms with Crippen LogP contribution >= 0.6 is 0 Å². The van der Waals surface area contributed by atoms with Gasteiger partial charge in [0.15, 0.2) is 11.2 Å². The topological polar surface area (TPSA) is 44.1 Å². The lowest BCUT2D eigenvalue weighted by atomic mass is 9.78. The number of fused-ring (bicyclic) bond motifs is 8. The van der Waals surface area contributed by atoms with Crippen molar-refractivity contribution in [1.29, 1.82) is 0 Å². The van der Waals surface area contributed by atoms with Crippen molar-refractivity contribution in [2.45, 2.75) is 98.8 Å². The first-order valence-corrected chi connectivity index (χ1v) is 19.9. The van der Waals surface area contributed by atoms with Crippen molar-refractivity contribution in [3.05, 3.63) is 131 Å². The molecule has 4 nitrogen and oxygen atoms in total. The Balaban J connectivity index is 1.39. The molecule has 0 atom stereocenters. The van der Waals surface area contributed by atoms with Gasteiger partial charge in [0.05, 0.1) is 22.3 Å². The van der Waals surface area contributed by atoms with Gasteiger partial charge in [-0.1, -0.05) is 130 Å². The van der Waals surface area contributed by atoms with E-state index in [4.69, 9.17) is 17.9 Å². The summed E-state index contributed by atoms with van der Waals surface area (Å²) in [6.07, 6.45) is 0. The highest BCUT2D eigenvalue weighted by atomic mass is 16.4. The smallest absolute Gasteiger partial charge is 0.178 e. The lowest BCUT2D eigenvalue weighted by molar-refractivity contribution is 0.569. The number of nitrogens with zero attached hydrogens (tertiary/aromatic N) is 2. The lowest BCUT2D eigenvalue weighted by Crippen LogP contribution is -2.16. The predicted molar refractivity (Wildman–Crippen MR) is 237 cm³/mol. The highest BCUT2D eigenvalue weighted by Gasteiger charge is 2.28. The van der Waals surface area contributed by atoms with Gasteiger partial charge in [0.1, 0.15) is 17.0 Å². The summed E-state index contributed by atoms with van der Waals surface area (Å²) in [5.41, 5.74) is 13.1. The van der Waals surface area contributed by atoms with Gasteiger partial charge in [0, 0.05) is 25.7 Å². The van der Waals surface area contributed by atoms with E-state index in [0.717, 1.165) is 55.1 Å². The van der Waals surface area contributed by atoms with Crippen LogP contribution in [0, 0.1) is 6.85 Å². The SMILES string of the molecule is [2H]C([2H])([2H])c1cccc2nc(-c3cccc4c3oc3c4ccc4c5ccccc5oc43)n(-c3c(C(C)C)cc(-c4cc(C(C)(C)C)cc(C(C)(C)C)c4)cc3C(C)C)c12. The van der Waals surface area contributed by atoms with E-state index in [1.807, 2.05) is 36.4 Å². The number of aromatic nitrogens is 2. The van der Waals surface area contributed by atoms with Crippen molar-refractivity contribution in [2.24, 2.45) is 0 Å². The maximum atomic E-state index is 8.78. The average molecular weight is 740 g/mol. The fraction of sp³-hybridized carbons (Fsp3) is 0.288. The van der Waals surface area contributed by atoms with Crippen LogP contribution in [0.4, 0.5) is 0 Å². The minimum absolute atomic E-state index is 0.0398. The third-order valence-electron chi connectivity index (χ3n) is 11.6. The first-order valence-electron chi connectivity index (χ1n) is 21.4. The molecule has 0 aliphatic heterocycles. The molecular weight excluding hydrogens is 685 g/mol. The molecule has 4 heteroatoms. The Bertz CT molecular complexity index is 3060. The molecule has 0 saturated heterocycles. The first kappa shape index (κ1) is 32.6. The average Bonchev–Trinajstić information content (AvgIpc) is 3.87. The highest BCUT2D eigenvalue weighted by molar-refractivity contribution is 6.20. The van der Waals surface area contributed by atoms with E-state index < -0.39 is 6.85 Å². The number of hydrogen-bond donors (Lipinski definition) is 0. The Hall–Kier alpha value is -5.61. The Labute approximate surface area is 334 Å². The summed E-state index contributed by atoms with van der Waals surface area (Å²) in [7, 11) is 0. The molecule has 3 aromatic heterocycles. The van der Waals surface area contributed by atoms with Gasteiger partial charge in [-0.2, -0.15) is 0 Å². The largest absolute Gasteiger partial charge is 0.452 e. The number of aryl methyl sites for hydroxylation is 1. The zero-order valence-electron chi connectivity index (χ0n) is 37.2. The fourth-order valence-electron chi connectivity index (χ4n) is 8.39. The predicted octanol–water partition coefficient (Wildman–Crippen LogP) is 15.3. The van der Waals surface area contributed by atoms with Crippen LogP contribution in [0.15, 0.2) is 112 Å². The number of furan rings is 2. The minimum Gasteiger partial charge on any atom is -0.452 e. The van der Waals surface area contributed by atoms with Gasteiger partial charge >= 0.3 is 0 Å². The van der Waals surface area contributed by atoms with E-state index in [0.29, 0.717) is 33.6 Å². The van der Waals surface area contributed by atoms with E-state index in [-0.39, 0.29) is 28.2 Å². The second kappa shape index (κ2) is 12.7. The molecule has 6 aromatic carbocycles. The molecular formula is C52H52N2O2. The molecule has 0 N–H and O–H groups in total. The Morgan fingerprint density at radius 2 is 1.16 bits per heavy atom. The molecule has 3 heterocycles. The van der Waals surface area contributed by atoms with E-state index in [2.05, 4.69) is 128 Å². The summed E-state index contributed by atoms with van der Waals surface area (Å²) in [5.74, 6) is 0.802. The molecule has 0 spiro atoms.